The molecule has 0 bridgehead atoms. The van der Waals surface area contributed by atoms with Crippen LogP contribution in [0.2, 0.25) is 0 Å². The summed E-state index contributed by atoms with van der Waals surface area (Å²) >= 11 is 0. The van der Waals surface area contributed by atoms with Crippen molar-refractivity contribution >= 4 is 17.9 Å². The molecule has 6 nitrogen and oxygen atoms in total. The first kappa shape index (κ1) is 63.4. The van der Waals surface area contributed by atoms with E-state index in [1.54, 1.807) is 0 Å². The second-order valence-electron chi connectivity index (χ2n) is 20.8. The highest BCUT2D eigenvalue weighted by Gasteiger charge is 2.19. The van der Waals surface area contributed by atoms with Gasteiger partial charge in [-0.25, -0.2) is 0 Å². The standard InChI is InChI=1S/C59H114O6/c1-5-7-9-11-13-15-17-18-23-28-32-36-40-44-48-52-59(62)65-56(53-63-57(60)50-46-42-38-34-29-16-14-12-10-8-6-2)54-64-58(61)51-47-43-39-35-31-27-25-22-20-19-21-24-26-30-33-37-41-45-49-55(3)4/h55-56H,5-54H2,1-4H3/t56-/m0/s1. The summed E-state index contributed by atoms with van der Waals surface area (Å²) in [7, 11) is 0. The molecule has 0 aliphatic rings. The van der Waals surface area contributed by atoms with Gasteiger partial charge < -0.3 is 14.2 Å². The van der Waals surface area contributed by atoms with Crippen LogP contribution >= 0.6 is 0 Å². The minimum Gasteiger partial charge on any atom is -0.462 e. The zero-order valence-electron chi connectivity index (χ0n) is 44.5. The molecule has 0 aliphatic heterocycles. The molecule has 0 spiro atoms. The lowest BCUT2D eigenvalue weighted by atomic mass is 10.0. The number of unbranched alkanes of at least 4 members (excludes halogenated alkanes) is 41. The molecule has 1 atom stereocenters. The predicted molar refractivity (Wildman–Crippen MR) is 280 cm³/mol. The molecule has 0 rings (SSSR count). The highest BCUT2D eigenvalue weighted by molar-refractivity contribution is 5.71. The van der Waals surface area contributed by atoms with Gasteiger partial charge in [-0.1, -0.05) is 297 Å². The third-order valence-electron chi connectivity index (χ3n) is 13.5. The summed E-state index contributed by atoms with van der Waals surface area (Å²) < 4.78 is 16.9. The Morgan fingerprint density at radius 1 is 0.292 bits per heavy atom. The van der Waals surface area contributed by atoms with Crippen molar-refractivity contribution in [2.24, 2.45) is 5.92 Å². The maximum atomic E-state index is 12.8. The van der Waals surface area contributed by atoms with Gasteiger partial charge in [0.1, 0.15) is 13.2 Å². The predicted octanol–water partition coefficient (Wildman–Crippen LogP) is 19.4. The summed E-state index contributed by atoms with van der Waals surface area (Å²) in [6.07, 6.45) is 58.1. The van der Waals surface area contributed by atoms with Crippen LogP contribution in [0.3, 0.4) is 0 Å². The highest BCUT2D eigenvalue weighted by Crippen LogP contribution is 2.18. The molecule has 0 N–H and O–H groups in total. The Balaban J connectivity index is 4.21. The number of carbonyl (C=O) groups is 3. The summed E-state index contributed by atoms with van der Waals surface area (Å²) in [5.74, 6) is 0.0240. The van der Waals surface area contributed by atoms with E-state index in [2.05, 4.69) is 27.7 Å². The van der Waals surface area contributed by atoms with E-state index in [1.165, 1.54) is 231 Å². The van der Waals surface area contributed by atoms with Gasteiger partial charge in [-0.2, -0.15) is 0 Å². The van der Waals surface area contributed by atoms with Gasteiger partial charge in [0.25, 0.3) is 0 Å². The van der Waals surface area contributed by atoms with Gasteiger partial charge in [0, 0.05) is 19.3 Å². The Hall–Kier alpha value is -1.59. The van der Waals surface area contributed by atoms with Gasteiger partial charge in [-0.05, 0) is 25.2 Å². The van der Waals surface area contributed by atoms with Crippen molar-refractivity contribution in [3.8, 4) is 0 Å². The van der Waals surface area contributed by atoms with Crippen LogP contribution in [0, 0.1) is 5.92 Å². The Bertz CT molecular complexity index is 980. The summed E-state index contributed by atoms with van der Waals surface area (Å²) in [5, 5.41) is 0. The van der Waals surface area contributed by atoms with Crippen molar-refractivity contribution in [1.82, 2.24) is 0 Å². The molecule has 0 saturated heterocycles. The fourth-order valence-corrected chi connectivity index (χ4v) is 9.10. The van der Waals surface area contributed by atoms with Gasteiger partial charge in [-0.15, -0.1) is 0 Å². The van der Waals surface area contributed by atoms with Gasteiger partial charge in [-0.3, -0.25) is 14.4 Å². The van der Waals surface area contributed by atoms with Gasteiger partial charge in [0.15, 0.2) is 6.10 Å². The molecule has 0 fully saturated rings. The lowest BCUT2D eigenvalue weighted by Gasteiger charge is -2.18. The summed E-state index contributed by atoms with van der Waals surface area (Å²) in [5.41, 5.74) is 0. The van der Waals surface area contributed by atoms with Crippen LogP contribution in [0.5, 0.6) is 0 Å². The van der Waals surface area contributed by atoms with Crippen LogP contribution in [0.15, 0.2) is 0 Å². The van der Waals surface area contributed by atoms with Crippen molar-refractivity contribution in [3.63, 3.8) is 0 Å². The number of rotatable bonds is 54. The van der Waals surface area contributed by atoms with Crippen LogP contribution < -0.4 is 0 Å². The average molecular weight is 920 g/mol. The summed E-state index contributed by atoms with van der Waals surface area (Å²) in [4.78, 5) is 38.1. The van der Waals surface area contributed by atoms with Gasteiger partial charge in [0.2, 0.25) is 0 Å². The van der Waals surface area contributed by atoms with E-state index < -0.39 is 6.10 Å². The molecule has 0 saturated carbocycles. The number of esters is 3. The monoisotopic (exact) mass is 919 g/mol. The first-order chi connectivity index (χ1) is 31.9. The quantitative estimate of drug-likeness (QED) is 0.0344. The van der Waals surface area contributed by atoms with Crippen molar-refractivity contribution in [2.45, 2.75) is 342 Å². The van der Waals surface area contributed by atoms with Crippen LogP contribution in [-0.2, 0) is 28.6 Å². The normalized spacial score (nSPS) is 12.0. The molecular formula is C59H114O6. The van der Waals surface area contributed by atoms with E-state index in [0.717, 1.165) is 63.7 Å². The molecule has 386 valence electrons. The number of ether oxygens (including phenoxy) is 3. The van der Waals surface area contributed by atoms with Crippen LogP contribution in [0.25, 0.3) is 0 Å². The number of hydrogen-bond donors (Lipinski definition) is 0. The van der Waals surface area contributed by atoms with Gasteiger partial charge in [0.05, 0.1) is 0 Å². The van der Waals surface area contributed by atoms with Crippen LogP contribution in [0.4, 0.5) is 0 Å². The molecule has 0 aliphatic carbocycles. The third kappa shape index (κ3) is 53.2. The van der Waals surface area contributed by atoms with Crippen LogP contribution in [0.1, 0.15) is 336 Å². The smallest absolute Gasteiger partial charge is 0.306 e. The van der Waals surface area contributed by atoms with E-state index in [9.17, 15) is 14.4 Å². The van der Waals surface area contributed by atoms with Crippen molar-refractivity contribution in [1.29, 1.82) is 0 Å². The molecule has 0 radical (unpaired) electrons. The molecule has 0 aromatic rings. The SMILES string of the molecule is CCCCCCCCCCCCCCCCCC(=O)O[C@@H](COC(=O)CCCCCCCCCCCCC)COC(=O)CCCCCCCCCCCCCCCCCCCCC(C)C. The lowest BCUT2D eigenvalue weighted by molar-refractivity contribution is -0.167. The minimum absolute atomic E-state index is 0.0617. The molecule has 0 amide bonds. The Labute approximate surface area is 406 Å². The summed E-state index contributed by atoms with van der Waals surface area (Å²) in [6.45, 7) is 9.07. The van der Waals surface area contributed by atoms with Crippen LogP contribution in [-0.4, -0.2) is 37.2 Å². The molecular weight excluding hydrogens is 805 g/mol. The van der Waals surface area contributed by atoms with E-state index in [0.29, 0.717) is 19.3 Å². The first-order valence-electron chi connectivity index (χ1n) is 29.4. The fourth-order valence-electron chi connectivity index (χ4n) is 9.10. The zero-order chi connectivity index (χ0) is 47.4. The topological polar surface area (TPSA) is 78.9 Å². The van der Waals surface area contributed by atoms with E-state index in [-0.39, 0.29) is 31.1 Å². The molecule has 0 heterocycles. The number of carbonyl (C=O) groups excluding carboxylic acids is 3. The van der Waals surface area contributed by atoms with E-state index in [1.807, 2.05) is 0 Å². The Morgan fingerprint density at radius 3 is 0.754 bits per heavy atom. The zero-order valence-corrected chi connectivity index (χ0v) is 44.5. The second kappa shape index (κ2) is 53.4. The van der Waals surface area contributed by atoms with Gasteiger partial charge >= 0.3 is 17.9 Å². The third-order valence-corrected chi connectivity index (χ3v) is 13.5. The highest BCUT2D eigenvalue weighted by atomic mass is 16.6. The summed E-state index contributed by atoms with van der Waals surface area (Å²) in [6, 6.07) is 0. The fraction of sp³-hybridized carbons (Fsp3) is 0.949. The second-order valence-corrected chi connectivity index (χ2v) is 20.8. The van der Waals surface area contributed by atoms with Crippen molar-refractivity contribution in [2.75, 3.05) is 13.2 Å². The first-order valence-corrected chi connectivity index (χ1v) is 29.4. The maximum Gasteiger partial charge on any atom is 0.306 e. The largest absolute Gasteiger partial charge is 0.462 e. The Kier molecular flexibility index (Phi) is 52.1. The minimum atomic E-state index is -0.761. The Morgan fingerprint density at radius 2 is 0.508 bits per heavy atom. The maximum absolute atomic E-state index is 12.8. The average Bonchev–Trinajstić information content (AvgIpc) is 3.29. The van der Waals surface area contributed by atoms with E-state index >= 15 is 0 Å². The molecule has 0 aromatic heterocycles. The molecule has 6 heteroatoms. The molecule has 0 aromatic carbocycles. The molecule has 65 heavy (non-hydrogen) atoms. The molecule has 0 unspecified atom stereocenters. The lowest BCUT2D eigenvalue weighted by Crippen LogP contribution is -2.30. The van der Waals surface area contributed by atoms with Crippen molar-refractivity contribution < 1.29 is 28.6 Å². The van der Waals surface area contributed by atoms with E-state index in [4.69, 9.17) is 14.2 Å². The van der Waals surface area contributed by atoms with Crippen molar-refractivity contribution in [3.05, 3.63) is 0 Å². The number of hydrogen-bond acceptors (Lipinski definition) is 6.